The van der Waals surface area contributed by atoms with E-state index in [4.69, 9.17) is 0 Å². The summed E-state index contributed by atoms with van der Waals surface area (Å²) < 4.78 is 0. The summed E-state index contributed by atoms with van der Waals surface area (Å²) in [6.07, 6.45) is 1.24. The lowest BCUT2D eigenvalue weighted by Crippen LogP contribution is -2.03. The molecule has 0 amide bonds. The fourth-order valence-corrected chi connectivity index (χ4v) is 2.55. The Hall–Kier alpha value is -2.87. The molecule has 0 bridgehead atoms. The van der Waals surface area contributed by atoms with Gasteiger partial charge in [-0.05, 0) is 30.2 Å². The van der Waals surface area contributed by atoms with Crippen LogP contribution in [0, 0.1) is 0 Å². The van der Waals surface area contributed by atoms with Crippen molar-refractivity contribution in [3.63, 3.8) is 0 Å². The van der Waals surface area contributed by atoms with E-state index in [1.165, 1.54) is 0 Å². The molecule has 0 unspecified atom stereocenters. The molecule has 1 N–H and O–H groups in total. The van der Waals surface area contributed by atoms with Crippen LogP contribution in [0.4, 0.5) is 11.4 Å². The van der Waals surface area contributed by atoms with Crippen LogP contribution < -0.4 is 5.32 Å². The van der Waals surface area contributed by atoms with Crippen LogP contribution in [0.3, 0.4) is 0 Å². The summed E-state index contributed by atoms with van der Waals surface area (Å²) in [5, 5.41) is 3.42. The molecule has 0 aliphatic rings. The van der Waals surface area contributed by atoms with Gasteiger partial charge in [0.2, 0.25) is 0 Å². The minimum absolute atomic E-state index is 0.181. The first-order valence-corrected chi connectivity index (χ1v) is 7.81. The molecule has 0 aromatic heterocycles. The maximum atomic E-state index is 12.3. The first kappa shape index (κ1) is 15.0. The Balaban J connectivity index is 1.70. The van der Waals surface area contributed by atoms with Gasteiger partial charge in [0.05, 0.1) is 0 Å². The van der Waals surface area contributed by atoms with E-state index >= 15 is 0 Å². The fraction of sp³-hybridized carbons (Fsp3) is 0.0952. The average Bonchev–Trinajstić information content (AvgIpc) is 2.62. The molecule has 0 saturated heterocycles. The van der Waals surface area contributed by atoms with Crippen LogP contribution in [0.15, 0.2) is 84.9 Å². The predicted molar refractivity (Wildman–Crippen MR) is 95.3 cm³/mol. The first-order chi connectivity index (χ1) is 11.3. The number of Topliss-reactive ketones (excluding diaryl/α,β-unsaturated/α-hetero) is 1. The third kappa shape index (κ3) is 4.07. The van der Waals surface area contributed by atoms with Crippen molar-refractivity contribution in [1.82, 2.24) is 0 Å². The summed E-state index contributed by atoms with van der Waals surface area (Å²) in [5.74, 6) is 0.181. The third-order valence-corrected chi connectivity index (χ3v) is 3.79. The van der Waals surface area contributed by atoms with Crippen LogP contribution in [0.5, 0.6) is 0 Å². The van der Waals surface area contributed by atoms with Gasteiger partial charge >= 0.3 is 0 Å². The highest BCUT2D eigenvalue weighted by atomic mass is 16.1. The van der Waals surface area contributed by atoms with Crippen molar-refractivity contribution in [1.29, 1.82) is 0 Å². The molecule has 2 nitrogen and oxygen atoms in total. The largest absolute Gasteiger partial charge is 0.355 e. The summed E-state index contributed by atoms with van der Waals surface area (Å²) in [5.41, 5.74) is 4.04. The van der Waals surface area contributed by atoms with Gasteiger partial charge < -0.3 is 5.32 Å². The molecule has 0 heterocycles. The van der Waals surface area contributed by atoms with Crippen molar-refractivity contribution in [2.75, 3.05) is 5.32 Å². The van der Waals surface area contributed by atoms with Crippen LogP contribution >= 0.6 is 0 Å². The van der Waals surface area contributed by atoms with Gasteiger partial charge in [-0.2, -0.15) is 0 Å². The molecule has 0 saturated carbocycles. The van der Waals surface area contributed by atoms with Crippen LogP contribution in [0.2, 0.25) is 0 Å². The lowest BCUT2D eigenvalue weighted by molar-refractivity contribution is 0.0983. The van der Waals surface area contributed by atoms with E-state index in [0.717, 1.165) is 28.9 Å². The van der Waals surface area contributed by atoms with Crippen LogP contribution in [0.1, 0.15) is 22.3 Å². The van der Waals surface area contributed by atoms with Gasteiger partial charge in [-0.3, -0.25) is 4.79 Å². The molecule has 23 heavy (non-hydrogen) atoms. The normalized spacial score (nSPS) is 10.3. The molecule has 2 heteroatoms. The van der Waals surface area contributed by atoms with E-state index in [1.807, 2.05) is 72.8 Å². The molecule has 0 radical (unpaired) electrons. The number of nitrogens with one attached hydrogen (secondary N) is 1. The van der Waals surface area contributed by atoms with E-state index in [2.05, 4.69) is 17.4 Å². The van der Waals surface area contributed by atoms with E-state index in [-0.39, 0.29) is 5.78 Å². The van der Waals surface area contributed by atoms with Gasteiger partial charge in [0.25, 0.3) is 0 Å². The molecule has 3 aromatic rings. The number of ketones is 1. The smallest absolute Gasteiger partial charge is 0.163 e. The number of para-hydroxylation sites is 2. The van der Waals surface area contributed by atoms with Crippen molar-refractivity contribution >= 4 is 17.2 Å². The van der Waals surface area contributed by atoms with Crippen molar-refractivity contribution in [2.45, 2.75) is 12.8 Å². The van der Waals surface area contributed by atoms with Gasteiger partial charge in [-0.15, -0.1) is 0 Å². The van der Waals surface area contributed by atoms with Crippen LogP contribution in [-0.2, 0) is 6.42 Å². The molecule has 0 spiro atoms. The van der Waals surface area contributed by atoms with Crippen molar-refractivity contribution in [3.8, 4) is 0 Å². The summed E-state index contributed by atoms with van der Waals surface area (Å²) in [6, 6.07) is 27.7. The second kappa shape index (κ2) is 7.41. The summed E-state index contributed by atoms with van der Waals surface area (Å²) in [6.45, 7) is 0. The van der Waals surface area contributed by atoms with Crippen molar-refractivity contribution in [2.24, 2.45) is 0 Å². The Labute approximate surface area is 136 Å². The zero-order valence-corrected chi connectivity index (χ0v) is 12.9. The second-order valence-corrected chi connectivity index (χ2v) is 5.44. The highest BCUT2D eigenvalue weighted by molar-refractivity contribution is 5.96. The standard InChI is InChI=1S/C21H19NO/c23-21(18-10-3-1-4-11-18)16-15-17-9-7-8-14-20(17)22-19-12-5-2-6-13-19/h1-14,22H,15-16H2. The van der Waals surface area contributed by atoms with Gasteiger partial charge in [0.1, 0.15) is 0 Å². The molecule has 0 aliphatic carbocycles. The number of hydrogen-bond donors (Lipinski definition) is 1. The van der Waals surface area contributed by atoms with E-state index in [0.29, 0.717) is 6.42 Å². The van der Waals surface area contributed by atoms with Gasteiger partial charge in [0, 0.05) is 23.4 Å². The van der Waals surface area contributed by atoms with Crippen LogP contribution in [-0.4, -0.2) is 5.78 Å². The number of rotatable bonds is 6. The molecule has 3 aromatic carbocycles. The molecule has 0 aliphatic heterocycles. The second-order valence-electron chi connectivity index (χ2n) is 5.44. The third-order valence-electron chi connectivity index (χ3n) is 3.79. The van der Waals surface area contributed by atoms with Gasteiger partial charge in [-0.25, -0.2) is 0 Å². The SMILES string of the molecule is O=C(CCc1ccccc1Nc1ccccc1)c1ccccc1. The minimum atomic E-state index is 0.181. The zero-order chi connectivity index (χ0) is 15.9. The number of carbonyl (C=O) groups excluding carboxylic acids is 1. The Morgan fingerprint density at radius 3 is 2.09 bits per heavy atom. The average molecular weight is 301 g/mol. The molecular formula is C21H19NO. The number of aryl methyl sites for hydroxylation is 1. The number of anilines is 2. The predicted octanol–water partition coefficient (Wildman–Crippen LogP) is 5.25. The number of hydrogen-bond acceptors (Lipinski definition) is 2. The Bertz CT molecular complexity index is 766. The van der Waals surface area contributed by atoms with Crippen molar-refractivity contribution in [3.05, 3.63) is 96.1 Å². The Morgan fingerprint density at radius 2 is 1.35 bits per heavy atom. The fourth-order valence-electron chi connectivity index (χ4n) is 2.55. The molecule has 0 atom stereocenters. The lowest BCUT2D eigenvalue weighted by atomic mass is 10.0. The molecule has 0 fully saturated rings. The summed E-state index contributed by atoms with van der Waals surface area (Å²) in [7, 11) is 0. The molecule has 3 rings (SSSR count). The first-order valence-electron chi connectivity index (χ1n) is 7.81. The number of carbonyl (C=O) groups is 1. The maximum Gasteiger partial charge on any atom is 0.163 e. The quantitative estimate of drug-likeness (QED) is 0.630. The lowest BCUT2D eigenvalue weighted by Gasteiger charge is -2.12. The number of benzene rings is 3. The van der Waals surface area contributed by atoms with E-state index < -0.39 is 0 Å². The Kier molecular flexibility index (Phi) is 4.85. The highest BCUT2D eigenvalue weighted by Gasteiger charge is 2.08. The monoisotopic (exact) mass is 301 g/mol. The molecular weight excluding hydrogens is 282 g/mol. The van der Waals surface area contributed by atoms with Crippen LogP contribution in [0.25, 0.3) is 0 Å². The zero-order valence-electron chi connectivity index (χ0n) is 12.9. The maximum absolute atomic E-state index is 12.3. The minimum Gasteiger partial charge on any atom is -0.355 e. The molecule has 114 valence electrons. The van der Waals surface area contributed by atoms with Gasteiger partial charge in [-0.1, -0.05) is 66.7 Å². The van der Waals surface area contributed by atoms with E-state index in [9.17, 15) is 4.79 Å². The van der Waals surface area contributed by atoms with Gasteiger partial charge in [0.15, 0.2) is 5.78 Å². The summed E-state index contributed by atoms with van der Waals surface area (Å²) in [4.78, 5) is 12.3. The highest BCUT2D eigenvalue weighted by Crippen LogP contribution is 2.22. The topological polar surface area (TPSA) is 29.1 Å². The van der Waals surface area contributed by atoms with E-state index in [1.54, 1.807) is 0 Å². The summed E-state index contributed by atoms with van der Waals surface area (Å²) >= 11 is 0. The Morgan fingerprint density at radius 1 is 0.739 bits per heavy atom. The van der Waals surface area contributed by atoms with Crippen molar-refractivity contribution < 1.29 is 4.79 Å².